The molecule has 0 saturated carbocycles. The van der Waals surface area contributed by atoms with Gasteiger partial charge < -0.3 is 14.6 Å². The quantitative estimate of drug-likeness (QED) is 0.643. The van der Waals surface area contributed by atoms with Gasteiger partial charge in [0.05, 0.1) is 0 Å². The van der Waals surface area contributed by atoms with Gasteiger partial charge >= 0.3 is 19.2 Å². The number of ether oxygens (including phenoxy) is 2. The molecule has 19 heavy (non-hydrogen) atoms. The first kappa shape index (κ1) is 14.8. The lowest BCUT2D eigenvalue weighted by Gasteiger charge is -2.10. The second-order valence-corrected chi connectivity index (χ2v) is 3.13. The minimum atomic E-state index is -3.18. The van der Waals surface area contributed by atoms with Gasteiger partial charge in [-0.3, -0.25) is 0 Å². The zero-order valence-electron chi connectivity index (χ0n) is 9.23. The zero-order chi connectivity index (χ0) is 14.4. The second kappa shape index (κ2) is 6.62. The van der Waals surface area contributed by atoms with Crippen molar-refractivity contribution in [1.82, 2.24) is 0 Å². The maximum Gasteiger partial charge on any atom is 0.387 e. The first-order valence-corrected chi connectivity index (χ1v) is 4.83. The molecule has 0 aliphatic heterocycles. The monoisotopic (exact) mass is 280 g/mol. The van der Waals surface area contributed by atoms with E-state index in [-0.39, 0.29) is 11.3 Å². The van der Waals surface area contributed by atoms with Crippen LogP contribution in [0, 0.1) is 0 Å². The Balaban J connectivity index is 3.05. The van der Waals surface area contributed by atoms with E-state index in [9.17, 15) is 22.4 Å². The van der Waals surface area contributed by atoms with Crippen molar-refractivity contribution in [3.63, 3.8) is 0 Å². The number of alkyl halides is 4. The maximum atomic E-state index is 12.1. The largest absolute Gasteiger partial charge is 0.478 e. The normalized spacial score (nSPS) is 11.3. The van der Waals surface area contributed by atoms with Crippen molar-refractivity contribution >= 4 is 12.0 Å². The third-order valence-electron chi connectivity index (χ3n) is 1.83. The van der Waals surface area contributed by atoms with Crippen molar-refractivity contribution in [1.29, 1.82) is 0 Å². The summed E-state index contributed by atoms with van der Waals surface area (Å²) in [7, 11) is 0. The van der Waals surface area contributed by atoms with E-state index in [2.05, 4.69) is 9.47 Å². The van der Waals surface area contributed by atoms with Crippen molar-refractivity contribution in [3.05, 3.63) is 29.8 Å². The molecule has 104 valence electrons. The Morgan fingerprint density at radius 3 is 2.32 bits per heavy atom. The van der Waals surface area contributed by atoms with E-state index in [0.29, 0.717) is 6.08 Å². The summed E-state index contributed by atoms with van der Waals surface area (Å²) < 4.78 is 56.3. The number of hydrogen-bond acceptors (Lipinski definition) is 3. The van der Waals surface area contributed by atoms with Crippen LogP contribution in [0.25, 0.3) is 6.08 Å². The van der Waals surface area contributed by atoms with Gasteiger partial charge in [-0.15, -0.1) is 0 Å². The molecule has 0 spiro atoms. The number of carbonyl (C=O) groups is 1. The van der Waals surface area contributed by atoms with E-state index in [1.807, 2.05) is 0 Å². The molecule has 0 aliphatic carbocycles. The Hall–Kier alpha value is -2.25. The number of carboxylic acids is 1. The van der Waals surface area contributed by atoms with Gasteiger partial charge in [-0.1, -0.05) is 0 Å². The fraction of sp³-hybridized carbons (Fsp3) is 0.182. The van der Waals surface area contributed by atoms with Crippen LogP contribution >= 0.6 is 0 Å². The van der Waals surface area contributed by atoms with Gasteiger partial charge in [0.25, 0.3) is 0 Å². The van der Waals surface area contributed by atoms with Gasteiger partial charge in [0.15, 0.2) is 0 Å². The molecule has 1 N–H and O–H groups in total. The number of aliphatic carboxylic acids is 1. The van der Waals surface area contributed by atoms with Crippen molar-refractivity contribution in [2.24, 2.45) is 0 Å². The Bertz CT molecular complexity index is 474. The number of carboxylic acid groups (broad SMARTS) is 1. The summed E-state index contributed by atoms with van der Waals surface area (Å²) in [6.45, 7) is -6.29. The van der Waals surface area contributed by atoms with E-state index in [4.69, 9.17) is 5.11 Å². The molecule has 1 aromatic rings. The Labute approximate surface area is 104 Å². The van der Waals surface area contributed by atoms with Gasteiger partial charge in [0, 0.05) is 17.7 Å². The molecule has 0 radical (unpaired) electrons. The average molecular weight is 280 g/mol. The molecule has 1 rings (SSSR count). The topological polar surface area (TPSA) is 55.8 Å². The average Bonchev–Trinajstić information content (AvgIpc) is 2.26. The highest BCUT2D eigenvalue weighted by Gasteiger charge is 2.12. The van der Waals surface area contributed by atoms with Crippen LogP contribution in [0.3, 0.4) is 0 Å². The fourth-order valence-corrected chi connectivity index (χ4v) is 1.19. The van der Waals surface area contributed by atoms with E-state index in [0.717, 1.165) is 24.3 Å². The second-order valence-electron chi connectivity index (χ2n) is 3.13. The van der Waals surface area contributed by atoms with Crippen molar-refractivity contribution in [2.45, 2.75) is 13.2 Å². The summed E-state index contributed by atoms with van der Waals surface area (Å²) in [5.41, 5.74) is -0.00989. The van der Waals surface area contributed by atoms with Gasteiger partial charge in [-0.2, -0.15) is 17.6 Å². The van der Waals surface area contributed by atoms with Crippen molar-refractivity contribution < 1.29 is 36.9 Å². The summed E-state index contributed by atoms with van der Waals surface area (Å²) in [6, 6.07) is 3.01. The SMILES string of the molecule is O=C(O)C=Cc1ccc(OC(F)F)cc1OC(F)F. The van der Waals surface area contributed by atoms with Gasteiger partial charge in [-0.05, 0) is 18.2 Å². The van der Waals surface area contributed by atoms with Crippen molar-refractivity contribution in [3.8, 4) is 11.5 Å². The molecule has 8 heteroatoms. The molecular formula is C11H8F4O4. The van der Waals surface area contributed by atoms with Gasteiger partial charge in [0.1, 0.15) is 11.5 Å². The van der Waals surface area contributed by atoms with Crippen LogP contribution in [0.5, 0.6) is 11.5 Å². The lowest BCUT2D eigenvalue weighted by molar-refractivity contribution is -0.131. The number of halogens is 4. The van der Waals surface area contributed by atoms with E-state index in [1.165, 1.54) is 0 Å². The highest BCUT2D eigenvalue weighted by molar-refractivity contribution is 5.86. The molecule has 0 aliphatic rings. The summed E-state index contributed by atoms with van der Waals surface area (Å²) >= 11 is 0. The van der Waals surface area contributed by atoms with Crippen LogP contribution in [0.2, 0.25) is 0 Å². The molecule has 0 heterocycles. The predicted molar refractivity (Wildman–Crippen MR) is 56.4 cm³/mol. The smallest absolute Gasteiger partial charge is 0.387 e. The Morgan fingerprint density at radius 1 is 1.16 bits per heavy atom. The molecule has 4 nitrogen and oxygen atoms in total. The minimum Gasteiger partial charge on any atom is -0.478 e. The first-order valence-electron chi connectivity index (χ1n) is 4.83. The number of benzene rings is 1. The highest BCUT2D eigenvalue weighted by Crippen LogP contribution is 2.28. The lowest BCUT2D eigenvalue weighted by Crippen LogP contribution is -2.05. The third-order valence-corrected chi connectivity index (χ3v) is 1.83. The van der Waals surface area contributed by atoms with Crippen LogP contribution in [-0.2, 0) is 4.79 Å². The molecule has 0 saturated heterocycles. The van der Waals surface area contributed by atoms with Gasteiger partial charge in [0.2, 0.25) is 0 Å². The molecule has 0 bridgehead atoms. The van der Waals surface area contributed by atoms with E-state index < -0.39 is 24.9 Å². The Kier molecular flexibility index (Phi) is 5.16. The highest BCUT2D eigenvalue weighted by atomic mass is 19.3. The standard InChI is InChI=1S/C11H8F4O4/c12-10(13)18-7-3-1-6(2-4-9(16)17)8(5-7)19-11(14)15/h1-5,10-11H,(H,16,17). The lowest BCUT2D eigenvalue weighted by atomic mass is 10.2. The predicted octanol–water partition coefficient (Wildman–Crippen LogP) is 2.99. The summed E-state index contributed by atoms with van der Waals surface area (Å²) in [5.74, 6) is -2.14. The molecule has 1 aromatic carbocycles. The van der Waals surface area contributed by atoms with Crippen LogP contribution in [0.4, 0.5) is 17.6 Å². The number of hydrogen-bond donors (Lipinski definition) is 1. The third kappa shape index (κ3) is 5.28. The maximum absolute atomic E-state index is 12.1. The molecule has 0 amide bonds. The van der Waals surface area contributed by atoms with Gasteiger partial charge in [-0.25, -0.2) is 4.79 Å². The van der Waals surface area contributed by atoms with Crippen LogP contribution in [0.1, 0.15) is 5.56 Å². The van der Waals surface area contributed by atoms with Crippen LogP contribution in [0.15, 0.2) is 24.3 Å². The summed E-state index contributed by atoms with van der Waals surface area (Å²) in [4.78, 5) is 10.3. The molecule has 0 aromatic heterocycles. The minimum absolute atomic E-state index is 0.00989. The molecule has 0 atom stereocenters. The van der Waals surface area contributed by atoms with E-state index in [1.54, 1.807) is 0 Å². The molecule has 0 fully saturated rings. The number of rotatable bonds is 6. The first-order chi connectivity index (χ1) is 8.88. The van der Waals surface area contributed by atoms with E-state index >= 15 is 0 Å². The molecular weight excluding hydrogens is 272 g/mol. The summed E-state index contributed by atoms with van der Waals surface area (Å²) in [6.07, 6.45) is 1.69. The summed E-state index contributed by atoms with van der Waals surface area (Å²) in [5, 5.41) is 8.42. The molecule has 0 unspecified atom stereocenters. The van der Waals surface area contributed by atoms with Crippen LogP contribution < -0.4 is 9.47 Å². The zero-order valence-corrected chi connectivity index (χ0v) is 9.23. The Morgan fingerprint density at radius 2 is 1.79 bits per heavy atom. The fourth-order valence-electron chi connectivity index (χ4n) is 1.19. The van der Waals surface area contributed by atoms with Crippen LogP contribution in [-0.4, -0.2) is 24.3 Å². The van der Waals surface area contributed by atoms with Crippen molar-refractivity contribution in [2.75, 3.05) is 0 Å².